The lowest BCUT2D eigenvalue weighted by atomic mass is 10.2. The van der Waals surface area contributed by atoms with Gasteiger partial charge in [-0.3, -0.25) is 0 Å². The Kier molecular flexibility index (Phi) is 2.06. The fourth-order valence-corrected chi connectivity index (χ4v) is 1.64. The Morgan fingerprint density at radius 3 is 2.71 bits per heavy atom. The summed E-state index contributed by atoms with van der Waals surface area (Å²) in [5.74, 6) is -0.976. The van der Waals surface area contributed by atoms with Crippen LogP contribution in [-0.4, -0.2) is 10.1 Å². The van der Waals surface area contributed by atoms with Gasteiger partial charge in [0.15, 0.2) is 5.76 Å². The van der Waals surface area contributed by atoms with Gasteiger partial charge < -0.3 is 9.52 Å². The normalized spacial score (nSPS) is 17.1. The van der Waals surface area contributed by atoms with E-state index in [-0.39, 0.29) is 17.2 Å². The van der Waals surface area contributed by atoms with Gasteiger partial charge in [-0.05, 0) is 25.0 Å². The van der Waals surface area contributed by atoms with E-state index in [0.29, 0.717) is 12.8 Å². The van der Waals surface area contributed by atoms with Gasteiger partial charge in [-0.1, -0.05) is 0 Å². The van der Waals surface area contributed by atoms with Gasteiger partial charge in [0.1, 0.15) is 17.2 Å². The number of rotatable bonds is 2. The minimum Gasteiger partial charge on any atom is -0.437 e. The van der Waals surface area contributed by atoms with Crippen LogP contribution in [-0.2, 0) is 5.60 Å². The van der Waals surface area contributed by atoms with Crippen molar-refractivity contribution < 1.29 is 18.3 Å². The Morgan fingerprint density at radius 2 is 2.06 bits per heavy atom. The maximum absolute atomic E-state index is 13.5. The van der Waals surface area contributed by atoms with E-state index in [9.17, 15) is 13.9 Å². The predicted molar refractivity (Wildman–Crippen MR) is 55.0 cm³/mol. The fraction of sp³-hybridized carbons (Fsp3) is 0.250. The molecule has 3 nitrogen and oxygen atoms in total. The Bertz CT molecular complexity index is 576. The van der Waals surface area contributed by atoms with E-state index in [2.05, 4.69) is 4.98 Å². The summed E-state index contributed by atoms with van der Waals surface area (Å²) < 4.78 is 31.5. The molecule has 1 aromatic carbocycles. The van der Waals surface area contributed by atoms with Crippen molar-refractivity contribution in [1.29, 1.82) is 0 Å². The van der Waals surface area contributed by atoms with Gasteiger partial charge in [-0.2, -0.15) is 0 Å². The molecule has 1 aliphatic rings. The zero-order chi connectivity index (χ0) is 12.0. The first-order valence-corrected chi connectivity index (χ1v) is 5.23. The molecule has 17 heavy (non-hydrogen) atoms. The maximum Gasteiger partial charge on any atom is 0.226 e. The summed E-state index contributed by atoms with van der Waals surface area (Å²) in [5.41, 5.74) is -0.858. The Labute approximate surface area is 95.7 Å². The highest BCUT2D eigenvalue weighted by atomic mass is 19.1. The van der Waals surface area contributed by atoms with Crippen molar-refractivity contribution in [3.05, 3.63) is 41.9 Å². The van der Waals surface area contributed by atoms with Crippen LogP contribution in [0.2, 0.25) is 0 Å². The lowest BCUT2D eigenvalue weighted by Crippen LogP contribution is -2.03. The van der Waals surface area contributed by atoms with Crippen molar-refractivity contribution in [3.8, 4) is 11.3 Å². The number of halogens is 2. The highest BCUT2D eigenvalue weighted by molar-refractivity contribution is 5.57. The topological polar surface area (TPSA) is 46.3 Å². The van der Waals surface area contributed by atoms with Gasteiger partial charge in [0, 0.05) is 6.07 Å². The number of oxazole rings is 1. The van der Waals surface area contributed by atoms with Crippen LogP contribution in [0.4, 0.5) is 8.78 Å². The van der Waals surface area contributed by atoms with E-state index >= 15 is 0 Å². The molecule has 0 aliphatic heterocycles. The first kappa shape index (κ1) is 10.4. The maximum atomic E-state index is 13.5. The first-order chi connectivity index (χ1) is 8.08. The first-order valence-electron chi connectivity index (χ1n) is 5.23. The largest absolute Gasteiger partial charge is 0.437 e. The van der Waals surface area contributed by atoms with Crippen LogP contribution in [0.3, 0.4) is 0 Å². The van der Waals surface area contributed by atoms with Crippen LogP contribution in [0.5, 0.6) is 0 Å². The molecule has 1 saturated carbocycles. The summed E-state index contributed by atoms with van der Waals surface area (Å²) in [6.45, 7) is 0. The van der Waals surface area contributed by atoms with Crippen molar-refractivity contribution in [2.24, 2.45) is 0 Å². The van der Waals surface area contributed by atoms with Gasteiger partial charge in [-0.15, -0.1) is 0 Å². The molecule has 0 bridgehead atoms. The molecule has 88 valence electrons. The number of aliphatic hydroxyl groups is 1. The van der Waals surface area contributed by atoms with Crippen LogP contribution < -0.4 is 0 Å². The highest BCUT2D eigenvalue weighted by Gasteiger charge is 2.47. The number of hydrogen-bond donors (Lipinski definition) is 1. The van der Waals surface area contributed by atoms with Crippen LogP contribution in [0.25, 0.3) is 11.3 Å². The molecule has 1 N–H and O–H groups in total. The van der Waals surface area contributed by atoms with Gasteiger partial charge in [0.2, 0.25) is 5.89 Å². The summed E-state index contributed by atoms with van der Waals surface area (Å²) in [4.78, 5) is 3.91. The van der Waals surface area contributed by atoms with E-state index in [1.807, 2.05) is 0 Å². The quantitative estimate of drug-likeness (QED) is 0.873. The van der Waals surface area contributed by atoms with Crippen LogP contribution in [0.15, 0.2) is 28.8 Å². The molecule has 3 rings (SSSR count). The minimum absolute atomic E-state index is 0.134. The SMILES string of the molecule is OC1(c2ncc(-c3ccc(F)cc3F)o2)CC1. The van der Waals surface area contributed by atoms with Gasteiger partial charge in [0.05, 0.1) is 11.8 Å². The van der Waals surface area contributed by atoms with Crippen molar-refractivity contribution in [3.63, 3.8) is 0 Å². The molecule has 2 aromatic rings. The van der Waals surface area contributed by atoms with E-state index in [4.69, 9.17) is 4.42 Å². The third-order valence-corrected chi connectivity index (χ3v) is 2.82. The summed E-state index contributed by atoms with van der Waals surface area (Å²) in [7, 11) is 0. The smallest absolute Gasteiger partial charge is 0.226 e. The monoisotopic (exact) mass is 237 g/mol. The summed E-state index contributed by atoms with van der Waals surface area (Å²) >= 11 is 0. The molecular weight excluding hydrogens is 228 g/mol. The third-order valence-electron chi connectivity index (χ3n) is 2.82. The molecule has 0 unspecified atom stereocenters. The lowest BCUT2D eigenvalue weighted by Gasteiger charge is -2.01. The zero-order valence-corrected chi connectivity index (χ0v) is 8.78. The lowest BCUT2D eigenvalue weighted by molar-refractivity contribution is 0.118. The van der Waals surface area contributed by atoms with Crippen LogP contribution >= 0.6 is 0 Å². The highest BCUT2D eigenvalue weighted by Crippen LogP contribution is 2.45. The number of nitrogens with zero attached hydrogens (tertiary/aromatic N) is 1. The van der Waals surface area contributed by atoms with E-state index < -0.39 is 17.2 Å². The van der Waals surface area contributed by atoms with E-state index in [0.717, 1.165) is 12.1 Å². The average Bonchev–Trinajstić information content (AvgIpc) is 2.85. The molecule has 0 spiro atoms. The molecule has 0 saturated heterocycles. The summed E-state index contributed by atoms with van der Waals surface area (Å²) in [6.07, 6.45) is 2.53. The van der Waals surface area contributed by atoms with Crippen molar-refractivity contribution >= 4 is 0 Å². The molecule has 0 amide bonds. The van der Waals surface area contributed by atoms with Crippen molar-refractivity contribution in [2.75, 3.05) is 0 Å². The molecule has 5 heteroatoms. The predicted octanol–water partition coefficient (Wildman–Crippen LogP) is 2.60. The van der Waals surface area contributed by atoms with Crippen LogP contribution in [0, 0.1) is 11.6 Å². The minimum atomic E-state index is -0.991. The summed E-state index contributed by atoms with van der Waals surface area (Å²) in [6, 6.07) is 3.21. The number of hydrogen-bond acceptors (Lipinski definition) is 3. The Hall–Kier alpha value is -1.75. The van der Waals surface area contributed by atoms with E-state index in [1.54, 1.807) is 0 Å². The second-order valence-corrected chi connectivity index (χ2v) is 4.19. The van der Waals surface area contributed by atoms with Crippen molar-refractivity contribution in [2.45, 2.75) is 18.4 Å². The van der Waals surface area contributed by atoms with E-state index in [1.165, 1.54) is 12.3 Å². The van der Waals surface area contributed by atoms with Crippen molar-refractivity contribution in [1.82, 2.24) is 4.98 Å². The Balaban J connectivity index is 2.01. The standard InChI is InChI=1S/C12H9F2NO2/c13-7-1-2-8(9(14)5-7)10-6-15-11(17-10)12(16)3-4-12/h1-2,5-6,16H,3-4H2. The summed E-state index contributed by atoms with van der Waals surface area (Å²) in [5, 5.41) is 9.76. The molecular formula is C12H9F2NO2. The van der Waals surface area contributed by atoms with Gasteiger partial charge in [-0.25, -0.2) is 13.8 Å². The van der Waals surface area contributed by atoms with Crippen LogP contribution in [0.1, 0.15) is 18.7 Å². The fourth-order valence-electron chi connectivity index (χ4n) is 1.64. The molecule has 0 atom stereocenters. The molecule has 0 radical (unpaired) electrons. The number of benzene rings is 1. The Morgan fingerprint density at radius 1 is 1.29 bits per heavy atom. The van der Waals surface area contributed by atoms with Gasteiger partial charge >= 0.3 is 0 Å². The molecule has 1 heterocycles. The third kappa shape index (κ3) is 1.72. The average molecular weight is 237 g/mol. The zero-order valence-electron chi connectivity index (χ0n) is 8.78. The molecule has 1 aliphatic carbocycles. The molecule has 1 fully saturated rings. The second kappa shape index (κ2) is 3.37. The van der Waals surface area contributed by atoms with Gasteiger partial charge in [0.25, 0.3) is 0 Å². The second-order valence-electron chi connectivity index (χ2n) is 4.19. The molecule has 1 aromatic heterocycles. The number of aromatic nitrogens is 1.